The van der Waals surface area contributed by atoms with Crippen molar-refractivity contribution < 1.29 is 18.6 Å². The minimum absolute atomic E-state index is 0.0490. The molecule has 1 atom stereocenters. The Balaban J connectivity index is 1.51. The number of ether oxygens (including phenoxy) is 1. The Morgan fingerprint density at radius 2 is 2.22 bits per heavy atom. The second-order valence-electron chi connectivity index (χ2n) is 5.43. The standard InChI is InChI=1S/C16H18F2N2O2S/c17-16(18)22-11-4-1-3-10(7-11)13(21)8-19-9-15-20-12-5-2-6-14(12)23-15/h1,3-4,7,13,16,19,21H,2,5-6,8-9H2. The molecule has 0 aliphatic heterocycles. The van der Waals surface area contributed by atoms with Gasteiger partial charge in [-0.1, -0.05) is 12.1 Å². The van der Waals surface area contributed by atoms with E-state index >= 15 is 0 Å². The van der Waals surface area contributed by atoms with Crippen LogP contribution in [-0.4, -0.2) is 23.2 Å². The highest BCUT2D eigenvalue weighted by Gasteiger charge is 2.16. The van der Waals surface area contributed by atoms with Gasteiger partial charge in [0.25, 0.3) is 0 Å². The van der Waals surface area contributed by atoms with Gasteiger partial charge < -0.3 is 15.2 Å². The van der Waals surface area contributed by atoms with Gasteiger partial charge in [0.2, 0.25) is 0 Å². The molecule has 1 heterocycles. The van der Waals surface area contributed by atoms with Crippen LogP contribution in [0.15, 0.2) is 24.3 Å². The molecular formula is C16H18F2N2O2S. The number of hydrogen-bond donors (Lipinski definition) is 2. The predicted molar refractivity (Wildman–Crippen MR) is 83.9 cm³/mol. The predicted octanol–water partition coefficient (Wildman–Crippen LogP) is 3.06. The normalized spacial score (nSPS) is 15.0. The summed E-state index contributed by atoms with van der Waals surface area (Å²) < 4.78 is 28.8. The number of aryl methyl sites for hydroxylation is 2. The molecule has 23 heavy (non-hydrogen) atoms. The Bertz CT molecular complexity index is 642. The Morgan fingerprint density at radius 1 is 1.35 bits per heavy atom. The van der Waals surface area contributed by atoms with E-state index in [4.69, 9.17) is 0 Å². The summed E-state index contributed by atoms with van der Waals surface area (Å²) in [5, 5.41) is 14.3. The van der Waals surface area contributed by atoms with E-state index in [9.17, 15) is 13.9 Å². The van der Waals surface area contributed by atoms with Crippen LogP contribution in [0.25, 0.3) is 0 Å². The zero-order valence-corrected chi connectivity index (χ0v) is 13.3. The third-order valence-electron chi connectivity index (χ3n) is 3.72. The number of aromatic nitrogens is 1. The van der Waals surface area contributed by atoms with E-state index in [1.54, 1.807) is 23.5 Å². The second kappa shape index (κ2) is 7.33. The van der Waals surface area contributed by atoms with E-state index < -0.39 is 12.7 Å². The first-order valence-electron chi connectivity index (χ1n) is 7.53. The van der Waals surface area contributed by atoms with Crippen LogP contribution in [0, 0.1) is 0 Å². The van der Waals surface area contributed by atoms with Crippen molar-refractivity contribution in [2.75, 3.05) is 6.54 Å². The quantitative estimate of drug-likeness (QED) is 0.813. The fourth-order valence-electron chi connectivity index (χ4n) is 2.65. The average molecular weight is 340 g/mol. The molecule has 0 radical (unpaired) electrons. The highest BCUT2D eigenvalue weighted by molar-refractivity contribution is 7.11. The Hall–Kier alpha value is -1.57. The van der Waals surface area contributed by atoms with Gasteiger partial charge in [-0.25, -0.2) is 4.98 Å². The van der Waals surface area contributed by atoms with Crippen LogP contribution in [0.3, 0.4) is 0 Å². The lowest BCUT2D eigenvalue weighted by Crippen LogP contribution is -2.21. The van der Waals surface area contributed by atoms with Gasteiger partial charge in [-0.15, -0.1) is 11.3 Å². The fourth-order valence-corrected chi connectivity index (χ4v) is 3.78. The van der Waals surface area contributed by atoms with Crippen molar-refractivity contribution >= 4 is 11.3 Å². The summed E-state index contributed by atoms with van der Waals surface area (Å²) in [5.41, 5.74) is 1.75. The molecule has 0 saturated heterocycles. The van der Waals surface area contributed by atoms with Crippen molar-refractivity contribution in [2.45, 2.75) is 38.5 Å². The zero-order chi connectivity index (χ0) is 16.2. The third-order valence-corrected chi connectivity index (χ3v) is 4.88. The molecule has 1 aliphatic rings. The molecule has 0 amide bonds. The molecule has 1 aromatic heterocycles. The Morgan fingerprint density at radius 3 is 3.00 bits per heavy atom. The van der Waals surface area contributed by atoms with Crippen LogP contribution >= 0.6 is 11.3 Å². The van der Waals surface area contributed by atoms with E-state index in [0.29, 0.717) is 18.7 Å². The lowest BCUT2D eigenvalue weighted by molar-refractivity contribution is -0.0499. The van der Waals surface area contributed by atoms with Gasteiger partial charge >= 0.3 is 6.61 Å². The number of nitrogens with one attached hydrogen (secondary N) is 1. The van der Waals surface area contributed by atoms with Crippen LogP contribution < -0.4 is 10.1 Å². The number of benzene rings is 1. The number of aliphatic hydroxyl groups is 1. The molecule has 3 rings (SSSR count). The topological polar surface area (TPSA) is 54.4 Å². The minimum Gasteiger partial charge on any atom is -0.435 e. The molecule has 2 aromatic rings. The molecular weight excluding hydrogens is 322 g/mol. The number of rotatable bonds is 7. The van der Waals surface area contributed by atoms with Crippen molar-refractivity contribution in [3.63, 3.8) is 0 Å². The lowest BCUT2D eigenvalue weighted by atomic mass is 10.1. The summed E-state index contributed by atoms with van der Waals surface area (Å²) in [6.07, 6.45) is 2.58. The Kier molecular flexibility index (Phi) is 5.20. The SMILES string of the molecule is OC(CNCc1nc2c(s1)CCC2)c1cccc(OC(F)F)c1. The average Bonchev–Trinajstić information content (AvgIpc) is 3.08. The van der Waals surface area contributed by atoms with Gasteiger partial charge in [0.05, 0.1) is 11.8 Å². The highest BCUT2D eigenvalue weighted by atomic mass is 32.1. The summed E-state index contributed by atoms with van der Waals surface area (Å²) in [6.45, 7) is -1.95. The van der Waals surface area contributed by atoms with Crippen molar-refractivity contribution in [3.8, 4) is 5.75 Å². The van der Waals surface area contributed by atoms with Crippen LogP contribution in [0.5, 0.6) is 5.75 Å². The number of fused-ring (bicyclic) bond motifs is 1. The zero-order valence-electron chi connectivity index (χ0n) is 12.5. The molecule has 1 unspecified atom stereocenters. The summed E-state index contributed by atoms with van der Waals surface area (Å²) in [7, 11) is 0. The summed E-state index contributed by atoms with van der Waals surface area (Å²) in [5.74, 6) is 0.0490. The van der Waals surface area contributed by atoms with Crippen molar-refractivity contribution in [2.24, 2.45) is 0 Å². The first-order chi connectivity index (χ1) is 11.1. The summed E-state index contributed by atoms with van der Waals surface area (Å²) >= 11 is 1.72. The van der Waals surface area contributed by atoms with Gasteiger partial charge in [-0.05, 0) is 37.0 Å². The van der Waals surface area contributed by atoms with Crippen LogP contribution in [-0.2, 0) is 19.4 Å². The van der Waals surface area contributed by atoms with E-state index in [1.807, 2.05) is 0 Å². The second-order valence-corrected chi connectivity index (χ2v) is 6.60. The monoisotopic (exact) mass is 340 g/mol. The lowest BCUT2D eigenvalue weighted by Gasteiger charge is -2.13. The number of hydrogen-bond acceptors (Lipinski definition) is 5. The van der Waals surface area contributed by atoms with Crippen molar-refractivity contribution in [3.05, 3.63) is 45.4 Å². The molecule has 1 aliphatic carbocycles. The number of thiazole rings is 1. The maximum absolute atomic E-state index is 12.2. The molecule has 124 valence electrons. The molecule has 1 aromatic carbocycles. The van der Waals surface area contributed by atoms with Gasteiger partial charge in [0, 0.05) is 18.0 Å². The van der Waals surface area contributed by atoms with Crippen molar-refractivity contribution in [1.82, 2.24) is 10.3 Å². The van der Waals surface area contributed by atoms with Crippen LogP contribution in [0.1, 0.15) is 33.7 Å². The molecule has 7 heteroatoms. The van der Waals surface area contributed by atoms with E-state index in [2.05, 4.69) is 15.0 Å². The molecule has 4 nitrogen and oxygen atoms in total. The largest absolute Gasteiger partial charge is 0.435 e. The van der Waals surface area contributed by atoms with Gasteiger partial charge in [0.1, 0.15) is 10.8 Å². The van der Waals surface area contributed by atoms with Crippen LogP contribution in [0.2, 0.25) is 0 Å². The molecule has 0 spiro atoms. The number of alkyl halides is 2. The first kappa shape index (κ1) is 16.3. The van der Waals surface area contributed by atoms with E-state index in [0.717, 1.165) is 17.8 Å². The maximum Gasteiger partial charge on any atom is 0.387 e. The number of nitrogens with zero attached hydrogens (tertiary/aromatic N) is 1. The molecule has 0 bridgehead atoms. The minimum atomic E-state index is -2.87. The van der Waals surface area contributed by atoms with Gasteiger partial charge in [-0.3, -0.25) is 0 Å². The van der Waals surface area contributed by atoms with E-state index in [-0.39, 0.29) is 5.75 Å². The first-order valence-corrected chi connectivity index (χ1v) is 8.34. The van der Waals surface area contributed by atoms with Crippen LogP contribution in [0.4, 0.5) is 8.78 Å². The summed E-state index contributed by atoms with van der Waals surface area (Å²) in [4.78, 5) is 5.95. The van der Waals surface area contributed by atoms with E-state index in [1.165, 1.54) is 29.1 Å². The van der Waals surface area contributed by atoms with Crippen molar-refractivity contribution in [1.29, 1.82) is 0 Å². The highest BCUT2D eigenvalue weighted by Crippen LogP contribution is 2.27. The fraction of sp³-hybridized carbons (Fsp3) is 0.438. The molecule has 0 fully saturated rings. The number of aliphatic hydroxyl groups excluding tert-OH is 1. The maximum atomic E-state index is 12.2. The number of halogens is 2. The molecule has 2 N–H and O–H groups in total. The third kappa shape index (κ3) is 4.25. The smallest absolute Gasteiger partial charge is 0.387 e. The Labute approximate surface area is 137 Å². The van der Waals surface area contributed by atoms with Gasteiger partial charge in [0.15, 0.2) is 0 Å². The van der Waals surface area contributed by atoms with Gasteiger partial charge in [-0.2, -0.15) is 8.78 Å². The molecule has 0 saturated carbocycles. The summed E-state index contributed by atoms with van der Waals surface area (Å²) in [6, 6.07) is 6.13.